The third-order valence-electron chi connectivity index (χ3n) is 2.08. The molecule has 0 aliphatic carbocycles. The van der Waals surface area contributed by atoms with Gasteiger partial charge in [0, 0.05) is 6.04 Å². The molecule has 0 aliphatic heterocycles. The van der Waals surface area contributed by atoms with E-state index in [1.807, 2.05) is 11.8 Å². The van der Waals surface area contributed by atoms with E-state index >= 15 is 0 Å². The molecular formula is C10H17NS2. The molecule has 0 aromatic carbocycles. The van der Waals surface area contributed by atoms with E-state index in [-0.39, 0.29) is 0 Å². The van der Waals surface area contributed by atoms with Crippen molar-refractivity contribution in [2.24, 2.45) is 5.73 Å². The van der Waals surface area contributed by atoms with Crippen molar-refractivity contribution >= 4 is 23.1 Å². The van der Waals surface area contributed by atoms with Crippen LogP contribution >= 0.6 is 23.1 Å². The molecule has 74 valence electrons. The predicted octanol–water partition coefficient (Wildman–Crippen LogP) is 2.76. The van der Waals surface area contributed by atoms with Gasteiger partial charge in [-0.1, -0.05) is 0 Å². The van der Waals surface area contributed by atoms with Gasteiger partial charge < -0.3 is 5.73 Å². The Balaban J connectivity index is 2.11. The van der Waals surface area contributed by atoms with E-state index in [9.17, 15) is 0 Å². The van der Waals surface area contributed by atoms with Crippen LogP contribution in [0.2, 0.25) is 0 Å². The van der Waals surface area contributed by atoms with Crippen LogP contribution in [0.4, 0.5) is 0 Å². The van der Waals surface area contributed by atoms with Crippen molar-refractivity contribution in [3.63, 3.8) is 0 Å². The van der Waals surface area contributed by atoms with Gasteiger partial charge in [0.1, 0.15) is 0 Å². The Kier molecular flexibility index (Phi) is 5.51. The van der Waals surface area contributed by atoms with Crippen molar-refractivity contribution in [1.29, 1.82) is 0 Å². The third-order valence-corrected chi connectivity index (χ3v) is 3.45. The Labute approximate surface area is 88.7 Å². The average Bonchev–Trinajstić information content (AvgIpc) is 2.64. The fourth-order valence-electron chi connectivity index (χ4n) is 1.20. The third kappa shape index (κ3) is 4.69. The van der Waals surface area contributed by atoms with E-state index in [2.05, 4.69) is 23.1 Å². The molecule has 1 atom stereocenters. The summed E-state index contributed by atoms with van der Waals surface area (Å²) in [6.45, 7) is 0. The van der Waals surface area contributed by atoms with Gasteiger partial charge in [0.2, 0.25) is 0 Å². The molecule has 0 spiro atoms. The number of hydrogen-bond acceptors (Lipinski definition) is 3. The molecule has 0 aliphatic rings. The summed E-state index contributed by atoms with van der Waals surface area (Å²) in [6.07, 6.45) is 5.53. The van der Waals surface area contributed by atoms with Crippen molar-refractivity contribution < 1.29 is 0 Å². The summed E-state index contributed by atoms with van der Waals surface area (Å²) in [5, 5.41) is 4.34. The number of rotatable bonds is 6. The summed E-state index contributed by atoms with van der Waals surface area (Å²) in [5.74, 6) is 1.19. The van der Waals surface area contributed by atoms with Gasteiger partial charge in [0.25, 0.3) is 0 Å². The van der Waals surface area contributed by atoms with Gasteiger partial charge in [0.15, 0.2) is 0 Å². The van der Waals surface area contributed by atoms with Crippen molar-refractivity contribution in [3.05, 3.63) is 22.4 Å². The number of nitrogens with two attached hydrogens (primary N) is 1. The molecule has 1 heterocycles. The Morgan fingerprint density at radius 1 is 1.54 bits per heavy atom. The fraction of sp³-hybridized carbons (Fsp3) is 0.600. The molecule has 1 unspecified atom stereocenters. The second kappa shape index (κ2) is 6.46. The van der Waals surface area contributed by atoms with Gasteiger partial charge >= 0.3 is 0 Å². The van der Waals surface area contributed by atoms with Gasteiger partial charge in [-0.15, -0.1) is 0 Å². The van der Waals surface area contributed by atoms with Gasteiger partial charge in [-0.05, 0) is 53.7 Å². The van der Waals surface area contributed by atoms with E-state index in [1.54, 1.807) is 11.3 Å². The lowest BCUT2D eigenvalue weighted by Gasteiger charge is -2.09. The summed E-state index contributed by atoms with van der Waals surface area (Å²) in [6, 6.07) is 2.57. The minimum atomic E-state index is 0.382. The minimum Gasteiger partial charge on any atom is -0.328 e. The fourth-order valence-corrected chi connectivity index (χ4v) is 2.44. The van der Waals surface area contributed by atoms with Crippen LogP contribution < -0.4 is 5.73 Å². The molecule has 1 aromatic heterocycles. The largest absolute Gasteiger partial charge is 0.328 e. The van der Waals surface area contributed by atoms with E-state index < -0.39 is 0 Å². The lowest BCUT2D eigenvalue weighted by molar-refractivity contribution is 0.601. The maximum atomic E-state index is 5.97. The maximum absolute atomic E-state index is 5.97. The van der Waals surface area contributed by atoms with Crippen LogP contribution in [0.1, 0.15) is 18.4 Å². The lowest BCUT2D eigenvalue weighted by atomic mass is 10.1. The molecule has 2 N–H and O–H groups in total. The van der Waals surface area contributed by atoms with Crippen LogP contribution in [-0.2, 0) is 6.42 Å². The summed E-state index contributed by atoms with van der Waals surface area (Å²) in [5.41, 5.74) is 7.40. The second-order valence-corrected chi connectivity index (χ2v) is 4.98. The normalized spacial score (nSPS) is 13.1. The first kappa shape index (κ1) is 11.1. The van der Waals surface area contributed by atoms with Gasteiger partial charge in [-0.3, -0.25) is 0 Å². The van der Waals surface area contributed by atoms with E-state index in [4.69, 9.17) is 5.73 Å². The Morgan fingerprint density at radius 2 is 2.38 bits per heavy atom. The van der Waals surface area contributed by atoms with Crippen LogP contribution in [0, 0.1) is 0 Å². The highest BCUT2D eigenvalue weighted by Crippen LogP contribution is 2.11. The number of thiophene rings is 1. The summed E-state index contributed by atoms with van der Waals surface area (Å²) in [7, 11) is 0. The van der Waals surface area contributed by atoms with Crippen LogP contribution in [0.25, 0.3) is 0 Å². The van der Waals surface area contributed by atoms with Crippen LogP contribution in [-0.4, -0.2) is 18.1 Å². The molecule has 1 rings (SSSR count). The van der Waals surface area contributed by atoms with E-state index in [0.29, 0.717) is 6.04 Å². The molecule has 3 heteroatoms. The van der Waals surface area contributed by atoms with Gasteiger partial charge in [-0.2, -0.15) is 23.1 Å². The second-order valence-electron chi connectivity index (χ2n) is 3.21. The molecule has 1 aromatic rings. The number of aryl methyl sites for hydroxylation is 1. The topological polar surface area (TPSA) is 26.0 Å². The summed E-state index contributed by atoms with van der Waals surface area (Å²) >= 11 is 3.64. The number of hydrogen-bond donors (Lipinski definition) is 1. The van der Waals surface area contributed by atoms with E-state index in [0.717, 1.165) is 19.3 Å². The quantitative estimate of drug-likeness (QED) is 0.789. The van der Waals surface area contributed by atoms with E-state index in [1.165, 1.54) is 11.3 Å². The monoisotopic (exact) mass is 215 g/mol. The zero-order chi connectivity index (χ0) is 9.52. The Bertz CT molecular complexity index is 209. The Hall–Kier alpha value is 0.01000. The molecular weight excluding hydrogens is 198 g/mol. The van der Waals surface area contributed by atoms with Crippen LogP contribution in [0.15, 0.2) is 16.8 Å². The standard InChI is InChI=1S/C10H17NS2/c1-12-6-5-10(11)3-2-9-4-7-13-8-9/h4,7-8,10H,2-3,5-6,11H2,1H3. The van der Waals surface area contributed by atoms with Crippen molar-refractivity contribution in [3.8, 4) is 0 Å². The predicted molar refractivity (Wildman–Crippen MR) is 63.6 cm³/mol. The summed E-state index contributed by atoms with van der Waals surface area (Å²) < 4.78 is 0. The minimum absolute atomic E-state index is 0.382. The highest BCUT2D eigenvalue weighted by Gasteiger charge is 2.02. The average molecular weight is 215 g/mol. The van der Waals surface area contributed by atoms with Crippen molar-refractivity contribution in [2.75, 3.05) is 12.0 Å². The molecule has 0 saturated carbocycles. The lowest BCUT2D eigenvalue weighted by Crippen LogP contribution is -2.21. The first-order valence-corrected chi connectivity index (χ1v) is 6.92. The molecule has 0 radical (unpaired) electrons. The smallest absolute Gasteiger partial charge is 0.00498 e. The van der Waals surface area contributed by atoms with Gasteiger partial charge in [0.05, 0.1) is 0 Å². The maximum Gasteiger partial charge on any atom is 0.00498 e. The summed E-state index contributed by atoms with van der Waals surface area (Å²) in [4.78, 5) is 0. The molecule has 0 saturated heterocycles. The van der Waals surface area contributed by atoms with Crippen LogP contribution in [0.5, 0.6) is 0 Å². The molecule has 13 heavy (non-hydrogen) atoms. The zero-order valence-corrected chi connectivity index (χ0v) is 9.66. The SMILES string of the molecule is CSCCC(N)CCc1ccsc1. The number of thioether (sulfide) groups is 1. The molecule has 1 nitrogen and oxygen atoms in total. The molecule has 0 fully saturated rings. The highest BCUT2D eigenvalue weighted by atomic mass is 32.2. The first-order chi connectivity index (χ1) is 6.33. The van der Waals surface area contributed by atoms with Crippen molar-refractivity contribution in [1.82, 2.24) is 0 Å². The first-order valence-electron chi connectivity index (χ1n) is 4.58. The van der Waals surface area contributed by atoms with Gasteiger partial charge in [-0.25, -0.2) is 0 Å². The zero-order valence-electron chi connectivity index (χ0n) is 8.03. The van der Waals surface area contributed by atoms with Crippen molar-refractivity contribution in [2.45, 2.75) is 25.3 Å². The molecule has 0 bridgehead atoms. The van der Waals surface area contributed by atoms with Crippen LogP contribution in [0.3, 0.4) is 0 Å². The molecule has 0 amide bonds. The Morgan fingerprint density at radius 3 is 3.00 bits per heavy atom. The highest BCUT2D eigenvalue weighted by molar-refractivity contribution is 7.98.